The normalized spacial score (nSPS) is 11.7. The van der Waals surface area contributed by atoms with Gasteiger partial charge in [-0.05, 0) is 24.3 Å². The van der Waals surface area contributed by atoms with Crippen LogP contribution >= 0.6 is 0 Å². The van der Waals surface area contributed by atoms with Crippen LogP contribution in [0.15, 0.2) is 39.8 Å². The maximum atomic E-state index is 13.7. The van der Waals surface area contributed by atoms with Crippen molar-refractivity contribution in [2.45, 2.75) is 11.3 Å². The number of nitrogens with one attached hydrogen (secondary N) is 1. The molecule has 0 fully saturated rings. The summed E-state index contributed by atoms with van der Waals surface area (Å²) in [6.45, 7) is 0.0204. The van der Waals surface area contributed by atoms with Crippen LogP contribution in [0.2, 0.25) is 0 Å². The third-order valence-electron chi connectivity index (χ3n) is 2.62. The molecule has 0 radical (unpaired) electrons. The molecule has 2 rings (SSSR count). The molecule has 0 amide bonds. The lowest BCUT2D eigenvalue weighted by Gasteiger charge is -2.08. The Morgan fingerprint density at radius 2 is 2.00 bits per heavy atom. The highest BCUT2D eigenvalue weighted by molar-refractivity contribution is 7.89. The van der Waals surface area contributed by atoms with Crippen LogP contribution < -0.4 is 10.5 Å². The lowest BCUT2D eigenvalue weighted by molar-refractivity contribution is 0.505. The number of nitrogen functional groups attached to an aromatic ring is 1. The van der Waals surface area contributed by atoms with Gasteiger partial charge in [-0.25, -0.2) is 21.9 Å². The molecule has 5 nitrogen and oxygen atoms in total. The van der Waals surface area contributed by atoms with E-state index in [1.165, 1.54) is 6.26 Å². The summed E-state index contributed by atoms with van der Waals surface area (Å²) < 4.78 is 57.6. The zero-order valence-electron chi connectivity index (χ0n) is 10.3. The monoisotopic (exact) mass is 302 g/mol. The first kappa shape index (κ1) is 14.5. The van der Waals surface area contributed by atoms with Gasteiger partial charge in [-0.1, -0.05) is 0 Å². The summed E-state index contributed by atoms with van der Waals surface area (Å²) in [7, 11) is -4.10. The van der Waals surface area contributed by atoms with Crippen LogP contribution in [0, 0.1) is 11.6 Å². The summed E-state index contributed by atoms with van der Waals surface area (Å²) in [5.74, 6) is -1.71. The van der Waals surface area contributed by atoms with Gasteiger partial charge >= 0.3 is 0 Å². The largest absolute Gasteiger partial charge is 0.469 e. The Balaban J connectivity index is 2.12. The second kappa shape index (κ2) is 5.59. The molecule has 0 atom stereocenters. The molecular weight excluding hydrogens is 290 g/mol. The van der Waals surface area contributed by atoms with Crippen molar-refractivity contribution in [2.24, 2.45) is 0 Å². The Morgan fingerprint density at radius 1 is 1.25 bits per heavy atom. The smallest absolute Gasteiger partial charge is 0.243 e. The minimum Gasteiger partial charge on any atom is -0.469 e. The van der Waals surface area contributed by atoms with E-state index in [2.05, 4.69) is 4.72 Å². The van der Waals surface area contributed by atoms with Crippen molar-refractivity contribution in [2.75, 3.05) is 12.3 Å². The molecule has 0 saturated heterocycles. The number of halogens is 2. The average molecular weight is 302 g/mol. The van der Waals surface area contributed by atoms with Crippen molar-refractivity contribution in [1.29, 1.82) is 0 Å². The van der Waals surface area contributed by atoms with E-state index in [1.807, 2.05) is 0 Å². The van der Waals surface area contributed by atoms with Crippen molar-refractivity contribution in [3.05, 3.63) is 47.9 Å². The van der Waals surface area contributed by atoms with Crippen LogP contribution in [0.3, 0.4) is 0 Å². The number of sulfonamides is 1. The van der Waals surface area contributed by atoms with Crippen LogP contribution in [0.25, 0.3) is 0 Å². The van der Waals surface area contributed by atoms with Gasteiger partial charge in [0.05, 0.1) is 6.26 Å². The van der Waals surface area contributed by atoms with E-state index in [9.17, 15) is 17.2 Å². The molecular formula is C12H12F2N2O3S. The third-order valence-corrected chi connectivity index (χ3v) is 4.10. The number of hydrogen-bond acceptors (Lipinski definition) is 4. The number of anilines is 1. The Bertz CT molecular complexity index is 700. The van der Waals surface area contributed by atoms with Gasteiger partial charge in [0.15, 0.2) is 5.82 Å². The van der Waals surface area contributed by atoms with Gasteiger partial charge in [0.2, 0.25) is 10.0 Å². The standard InChI is InChI=1S/C12H12F2N2O3S/c13-9-3-4-10(11(14)12(9)15)20(17,18)16-6-5-8-2-1-7-19-8/h1-4,7,16H,5-6,15H2. The van der Waals surface area contributed by atoms with Crippen LogP contribution in [-0.2, 0) is 16.4 Å². The van der Waals surface area contributed by atoms with Gasteiger partial charge in [0.25, 0.3) is 0 Å². The molecule has 1 aromatic carbocycles. The van der Waals surface area contributed by atoms with Crippen LogP contribution in [-0.4, -0.2) is 15.0 Å². The van der Waals surface area contributed by atoms with Gasteiger partial charge in [-0.2, -0.15) is 0 Å². The molecule has 0 aliphatic carbocycles. The molecule has 8 heteroatoms. The zero-order chi connectivity index (χ0) is 14.8. The molecule has 20 heavy (non-hydrogen) atoms. The van der Waals surface area contributed by atoms with Gasteiger partial charge in [0, 0.05) is 13.0 Å². The third kappa shape index (κ3) is 2.97. The SMILES string of the molecule is Nc1c(F)ccc(S(=O)(=O)NCCc2ccco2)c1F. The predicted octanol–water partition coefficient (Wildman–Crippen LogP) is 1.66. The van der Waals surface area contributed by atoms with Crippen LogP contribution in [0.5, 0.6) is 0 Å². The Morgan fingerprint density at radius 3 is 2.65 bits per heavy atom. The van der Waals surface area contributed by atoms with Crippen molar-refractivity contribution in [3.8, 4) is 0 Å². The van der Waals surface area contributed by atoms with Crippen molar-refractivity contribution in [3.63, 3.8) is 0 Å². The first-order valence-corrected chi connectivity index (χ1v) is 7.15. The number of furan rings is 1. The molecule has 0 aliphatic rings. The summed E-state index contributed by atoms with van der Waals surface area (Å²) in [6, 6.07) is 4.99. The first-order chi connectivity index (χ1) is 9.42. The highest BCUT2D eigenvalue weighted by atomic mass is 32.2. The highest BCUT2D eigenvalue weighted by Gasteiger charge is 2.22. The van der Waals surface area contributed by atoms with E-state index >= 15 is 0 Å². The average Bonchev–Trinajstić information content (AvgIpc) is 2.88. The molecule has 2 aromatic rings. The molecule has 1 heterocycles. The van der Waals surface area contributed by atoms with E-state index in [4.69, 9.17) is 10.2 Å². The topological polar surface area (TPSA) is 85.3 Å². The van der Waals surface area contributed by atoms with E-state index in [0.717, 1.165) is 12.1 Å². The van der Waals surface area contributed by atoms with Gasteiger partial charge in [0.1, 0.15) is 22.2 Å². The molecule has 108 valence electrons. The predicted molar refractivity (Wildman–Crippen MR) is 68.4 cm³/mol. The Labute approximate surface area is 114 Å². The fourth-order valence-electron chi connectivity index (χ4n) is 1.60. The summed E-state index contributed by atoms with van der Waals surface area (Å²) in [4.78, 5) is -0.684. The van der Waals surface area contributed by atoms with Crippen LogP contribution in [0.4, 0.5) is 14.5 Å². The molecule has 0 unspecified atom stereocenters. The van der Waals surface area contributed by atoms with Crippen molar-refractivity contribution in [1.82, 2.24) is 4.72 Å². The molecule has 0 bridgehead atoms. The fourth-order valence-corrected chi connectivity index (χ4v) is 2.72. The number of nitrogens with two attached hydrogens (primary N) is 1. The Kier molecular flexibility index (Phi) is 4.05. The van der Waals surface area contributed by atoms with E-state index < -0.39 is 32.2 Å². The zero-order valence-corrected chi connectivity index (χ0v) is 11.1. The fraction of sp³-hybridized carbons (Fsp3) is 0.167. The number of benzene rings is 1. The minimum absolute atomic E-state index is 0.0204. The molecule has 1 aromatic heterocycles. The Hall–Kier alpha value is -1.93. The molecule has 3 N–H and O–H groups in total. The molecule has 0 saturated carbocycles. The second-order valence-electron chi connectivity index (χ2n) is 4.00. The molecule has 0 spiro atoms. The second-order valence-corrected chi connectivity index (χ2v) is 5.74. The summed E-state index contributed by atoms with van der Waals surface area (Å²) in [5.41, 5.74) is 4.31. The minimum atomic E-state index is -4.10. The summed E-state index contributed by atoms with van der Waals surface area (Å²) in [5, 5.41) is 0. The lowest BCUT2D eigenvalue weighted by Crippen LogP contribution is -2.27. The van der Waals surface area contributed by atoms with Crippen molar-refractivity contribution < 1.29 is 21.6 Å². The maximum Gasteiger partial charge on any atom is 0.243 e. The summed E-state index contributed by atoms with van der Waals surface area (Å²) >= 11 is 0. The van der Waals surface area contributed by atoms with Crippen molar-refractivity contribution >= 4 is 15.7 Å². The first-order valence-electron chi connectivity index (χ1n) is 5.67. The lowest BCUT2D eigenvalue weighted by atomic mass is 10.3. The van der Waals surface area contributed by atoms with E-state index in [1.54, 1.807) is 12.1 Å². The molecule has 0 aliphatic heterocycles. The van der Waals surface area contributed by atoms with E-state index in [-0.39, 0.29) is 6.54 Å². The number of rotatable bonds is 5. The quantitative estimate of drug-likeness (QED) is 0.823. The highest BCUT2D eigenvalue weighted by Crippen LogP contribution is 2.22. The maximum absolute atomic E-state index is 13.7. The van der Waals surface area contributed by atoms with Crippen LogP contribution in [0.1, 0.15) is 5.76 Å². The van der Waals surface area contributed by atoms with Gasteiger partial charge in [-0.3, -0.25) is 0 Å². The van der Waals surface area contributed by atoms with Gasteiger partial charge < -0.3 is 10.2 Å². The van der Waals surface area contributed by atoms with E-state index in [0.29, 0.717) is 12.2 Å². The van der Waals surface area contributed by atoms with Gasteiger partial charge in [-0.15, -0.1) is 0 Å². The summed E-state index contributed by atoms with van der Waals surface area (Å²) in [6.07, 6.45) is 1.77. The number of hydrogen-bond donors (Lipinski definition) is 2.